The third-order valence-electron chi connectivity index (χ3n) is 4.05. The van der Waals surface area contributed by atoms with E-state index in [-0.39, 0.29) is 12.7 Å². The zero-order chi connectivity index (χ0) is 17.9. The highest BCUT2D eigenvalue weighted by Gasteiger charge is 2.15. The number of para-hydroxylation sites is 1. The first kappa shape index (κ1) is 16.0. The van der Waals surface area contributed by atoms with Gasteiger partial charge in [0.25, 0.3) is 5.91 Å². The Morgan fingerprint density at radius 2 is 1.85 bits per heavy atom. The zero-order valence-corrected chi connectivity index (χ0v) is 14.2. The molecule has 1 amide bonds. The molecule has 0 radical (unpaired) electrons. The number of carbonyl (C=O) groups is 1. The van der Waals surface area contributed by atoms with Gasteiger partial charge in [0.2, 0.25) is 6.79 Å². The Bertz CT molecular complexity index is 972. The maximum Gasteiger partial charge on any atom is 0.257 e. The molecule has 2 aromatic carbocycles. The summed E-state index contributed by atoms with van der Waals surface area (Å²) in [4.78, 5) is 16.7. The van der Waals surface area contributed by atoms with E-state index < -0.39 is 0 Å². The smallest absolute Gasteiger partial charge is 0.257 e. The second kappa shape index (κ2) is 6.76. The summed E-state index contributed by atoms with van der Waals surface area (Å²) < 4.78 is 10.6. The number of nitrogens with zero attached hydrogens (tertiary/aromatic N) is 1. The summed E-state index contributed by atoms with van der Waals surface area (Å²) in [6.07, 6.45) is 3.22. The fraction of sp³-hybridized carbons (Fsp3) is 0.100. The van der Waals surface area contributed by atoms with Gasteiger partial charge >= 0.3 is 0 Å². The van der Waals surface area contributed by atoms with Crippen molar-refractivity contribution in [3.8, 4) is 11.5 Å². The van der Waals surface area contributed by atoms with E-state index in [1.807, 2.05) is 31.2 Å². The number of nitrogens with one attached hydrogen (secondary N) is 2. The third kappa shape index (κ3) is 3.30. The summed E-state index contributed by atoms with van der Waals surface area (Å²) in [5.74, 6) is 1.05. The summed E-state index contributed by atoms with van der Waals surface area (Å²) >= 11 is 0. The first-order valence-electron chi connectivity index (χ1n) is 8.18. The average molecular weight is 347 g/mol. The van der Waals surface area contributed by atoms with E-state index in [0.29, 0.717) is 22.7 Å². The van der Waals surface area contributed by atoms with Crippen LogP contribution in [0.2, 0.25) is 0 Å². The summed E-state index contributed by atoms with van der Waals surface area (Å²) in [5, 5.41) is 6.13. The van der Waals surface area contributed by atoms with Gasteiger partial charge in [0.15, 0.2) is 11.5 Å². The van der Waals surface area contributed by atoms with Crippen molar-refractivity contribution in [1.82, 2.24) is 4.98 Å². The molecule has 1 aliphatic heterocycles. The molecule has 26 heavy (non-hydrogen) atoms. The van der Waals surface area contributed by atoms with Crippen molar-refractivity contribution in [2.24, 2.45) is 0 Å². The number of hydrogen-bond donors (Lipinski definition) is 2. The van der Waals surface area contributed by atoms with Crippen LogP contribution in [0.3, 0.4) is 0 Å². The molecule has 0 atom stereocenters. The van der Waals surface area contributed by atoms with Gasteiger partial charge in [-0.15, -0.1) is 0 Å². The topological polar surface area (TPSA) is 72.5 Å². The van der Waals surface area contributed by atoms with Gasteiger partial charge in [-0.3, -0.25) is 9.78 Å². The lowest BCUT2D eigenvalue weighted by molar-refractivity contribution is 0.102. The van der Waals surface area contributed by atoms with Gasteiger partial charge in [-0.25, -0.2) is 0 Å². The number of fused-ring (bicyclic) bond motifs is 1. The minimum absolute atomic E-state index is 0.198. The number of aromatic nitrogens is 1. The minimum atomic E-state index is -0.246. The van der Waals surface area contributed by atoms with E-state index in [1.54, 1.807) is 30.5 Å². The molecule has 6 nitrogen and oxygen atoms in total. The molecule has 6 heteroatoms. The van der Waals surface area contributed by atoms with Crippen molar-refractivity contribution >= 4 is 23.0 Å². The Morgan fingerprint density at radius 3 is 2.73 bits per heavy atom. The molecule has 130 valence electrons. The number of rotatable bonds is 4. The van der Waals surface area contributed by atoms with Crippen molar-refractivity contribution in [3.63, 3.8) is 0 Å². The number of hydrogen-bond acceptors (Lipinski definition) is 5. The van der Waals surface area contributed by atoms with E-state index in [0.717, 1.165) is 16.9 Å². The first-order valence-corrected chi connectivity index (χ1v) is 8.18. The second-order valence-electron chi connectivity index (χ2n) is 5.92. The number of amides is 1. The Hall–Kier alpha value is -3.54. The fourth-order valence-electron chi connectivity index (χ4n) is 2.68. The van der Waals surface area contributed by atoms with Crippen LogP contribution in [0.1, 0.15) is 15.9 Å². The van der Waals surface area contributed by atoms with Gasteiger partial charge in [0.1, 0.15) is 0 Å². The number of ether oxygens (including phenoxy) is 2. The van der Waals surface area contributed by atoms with E-state index in [4.69, 9.17) is 9.47 Å². The fourth-order valence-corrected chi connectivity index (χ4v) is 2.68. The third-order valence-corrected chi connectivity index (χ3v) is 4.05. The Kier molecular flexibility index (Phi) is 4.15. The predicted molar refractivity (Wildman–Crippen MR) is 99.2 cm³/mol. The van der Waals surface area contributed by atoms with Crippen molar-refractivity contribution in [2.75, 3.05) is 17.4 Å². The lowest BCUT2D eigenvalue weighted by atomic mass is 10.2. The molecule has 0 fully saturated rings. The van der Waals surface area contributed by atoms with Crippen molar-refractivity contribution in [2.45, 2.75) is 6.92 Å². The SMILES string of the molecule is Cc1ccccc1Nc1cncc(C(=O)Nc2ccc3c(c2)OCO3)c1. The molecule has 0 spiro atoms. The standard InChI is InChI=1S/C20H17N3O3/c1-13-4-2-3-5-17(13)22-16-8-14(10-21-11-16)20(24)23-15-6-7-18-19(9-15)26-12-25-18/h2-11,22H,12H2,1H3,(H,23,24). The molecule has 1 aromatic heterocycles. The van der Waals surface area contributed by atoms with E-state index in [9.17, 15) is 4.79 Å². The maximum absolute atomic E-state index is 12.5. The number of anilines is 3. The molecule has 1 aliphatic rings. The van der Waals surface area contributed by atoms with Crippen molar-refractivity contribution in [1.29, 1.82) is 0 Å². The van der Waals surface area contributed by atoms with Crippen LogP contribution in [0.4, 0.5) is 17.1 Å². The van der Waals surface area contributed by atoms with Crippen LogP contribution in [0.5, 0.6) is 11.5 Å². The lowest BCUT2D eigenvalue weighted by Gasteiger charge is -2.10. The molecular weight excluding hydrogens is 330 g/mol. The second-order valence-corrected chi connectivity index (χ2v) is 5.92. The number of aryl methyl sites for hydroxylation is 1. The average Bonchev–Trinajstić information content (AvgIpc) is 3.12. The van der Waals surface area contributed by atoms with Crippen LogP contribution in [-0.4, -0.2) is 17.7 Å². The molecule has 0 saturated carbocycles. The van der Waals surface area contributed by atoms with Crippen molar-refractivity contribution < 1.29 is 14.3 Å². The Balaban J connectivity index is 1.51. The van der Waals surface area contributed by atoms with E-state index in [2.05, 4.69) is 15.6 Å². The molecule has 0 aliphatic carbocycles. The van der Waals surface area contributed by atoms with Crippen LogP contribution in [0.25, 0.3) is 0 Å². The highest BCUT2D eigenvalue weighted by atomic mass is 16.7. The van der Waals surface area contributed by atoms with Gasteiger partial charge in [0.05, 0.1) is 17.4 Å². The first-order chi connectivity index (χ1) is 12.7. The van der Waals surface area contributed by atoms with E-state index in [1.165, 1.54) is 6.20 Å². The van der Waals surface area contributed by atoms with Gasteiger partial charge in [0, 0.05) is 23.6 Å². The summed E-state index contributed by atoms with van der Waals surface area (Å²) in [6.45, 7) is 2.22. The highest BCUT2D eigenvalue weighted by molar-refractivity contribution is 6.04. The monoisotopic (exact) mass is 347 g/mol. The van der Waals surface area contributed by atoms with Crippen LogP contribution in [0.15, 0.2) is 60.9 Å². The summed E-state index contributed by atoms with van der Waals surface area (Å²) in [5.41, 5.74) is 3.93. The molecule has 2 heterocycles. The highest BCUT2D eigenvalue weighted by Crippen LogP contribution is 2.34. The largest absolute Gasteiger partial charge is 0.454 e. The quantitative estimate of drug-likeness (QED) is 0.743. The van der Waals surface area contributed by atoms with Crippen LogP contribution in [0, 0.1) is 6.92 Å². The molecular formula is C20H17N3O3. The molecule has 3 aromatic rings. The molecule has 0 unspecified atom stereocenters. The number of benzene rings is 2. The lowest BCUT2D eigenvalue weighted by Crippen LogP contribution is -2.12. The van der Waals surface area contributed by atoms with Crippen LogP contribution >= 0.6 is 0 Å². The van der Waals surface area contributed by atoms with Crippen LogP contribution < -0.4 is 20.1 Å². The zero-order valence-electron chi connectivity index (χ0n) is 14.2. The Morgan fingerprint density at radius 1 is 1.00 bits per heavy atom. The van der Waals surface area contributed by atoms with Gasteiger partial charge in [-0.05, 0) is 36.8 Å². The van der Waals surface area contributed by atoms with E-state index >= 15 is 0 Å². The Labute approximate surface area is 150 Å². The maximum atomic E-state index is 12.5. The molecule has 2 N–H and O–H groups in total. The normalized spacial score (nSPS) is 11.9. The molecule has 0 saturated heterocycles. The van der Waals surface area contributed by atoms with Crippen LogP contribution in [-0.2, 0) is 0 Å². The predicted octanol–water partition coefficient (Wildman–Crippen LogP) is 4.11. The van der Waals surface area contributed by atoms with Crippen molar-refractivity contribution in [3.05, 3.63) is 72.1 Å². The summed E-state index contributed by atoms with van der Waals surface area (Å²) in [6, 6.07) is 15.0. The molecule has 4 rings (SSSR count). The summed E-state index contributed by atoms with van der Waals surface area (Å²) in [7, 11) is 0. The number of carbonyl (C=O) groups excluding carboxylic acids is 1. The molecule has 0 bridgehead atoms. The van der Waals surface area contributed by atoms with Gasteiger partial charge in [-0.2, -0.15) is 0 Å². The van der Waals surface area contributed by atoms with Gasteiger partial charge in [-0.1, -0.05) is 18.2 Å². The number of pyridine rings is 1. The minimum Gasteiger partial charge on any atom is -0.454 e. The van der Waals surface area contributed by atoms with Gasteiger partial charge < -0.3 is 20.1 Å².